The molecule has 2 atom stereocenters. The van der Waals surface area contributed by atoms with E-state index < -0.39 is 0 Å². The van der Waals surface area contributed by atoms with Gasteiger partial charge in [-0.15, -0.1) is 6.58 Å². The predicted molar refractivity (Wildman–Crippen MR) is 104 cm³/mol. The maximum absolute atomic E-state index is 5.95. The van der Waals surface area contributed by atoms with Gasteiger partial charge in [-0.05, 0) is 91.8 Å². The summed E-state index contributed by atoms with van der Waals surface area (Å²) in [7, 11) is 0. The Morgan fingerprint density at radius 3 is 2.83 bits per heavy atom. The maximum atomic E-state index is 5.95. The van der Waals surface area contributed by atoms with Gasteiger partial charge in [0.2, 0.25) is 0 Å². The number of nitrogens with two attached hydrogens (primary N) is 1. The smallest absolute Gasteiger partial charge is 0.00224 e. The van der Waals surface area contributed by atoms with Gasteiger partial charge in [0, 0.05) is 0 Å². The fourth-order valence-corrected chi connectivity index (χ4v) is 3.83. The Balaban J connectivity index is 1.79. The molecule has 2 N–H and O–H groups in total. The van der Waals surface area contributed by atoms with E-state index in [4.69, 9.17) is 5.73 Å². The molecule has 0 aromatic heterocycles. The molecule has 1 saturated carbocycles. The standard InChI is InChI=1S/C23H29N/c1-4-5-6-18(20(15-24)9-7-16(2)3)11-17-8-10-19-13-21-14-23(21)22(19)12-17/h4-6,8,10,12,15,21,23H,2,7,9,11,13-14,24H2,1,3H3/b5-4+,18-6-,20-15+. The summed E-state index contributed by atoms with van der Waals surface area (Å²) < 4.78 is 0. The third-order valence-electron chi connectivity index (χ3n) is 5.33. The molecule has 2 aliphatic rings. The normalized spacial score (nSPS) is 22.6. The lowest BCUT2D eigenvalue weighted by molar-refractivity contribution is 0.856. The molecule has 2 unspecified atom stereocenters. The molecule has 24 heavy (non-hydrogen) atoms. The minimum atomic E-state index is 0.857. The molecular formula is C23H29N. The number of rotatable bonds is 7. The first-order chi connectivity index (χ1) is 11.6. The zero-order chi connectivity index (χ0) is 17.1. The van der Waals surface area contributed by atoms with Crippen molar-refractivity contribution in [2.45, 2.75) is 51.9 Å². The van der Waals surface area contributed by atoms with Gasteiger partial charge in [-0.3, -0.25) is 0 Å². The molecule has 0 heterocycles. The van der Waals surface area contributed by atoms with E-state index >= 15 is 0 Å². The van der Waals surface area contributed by atoms with Crippen molar-refractivity contribution < 1.29 is 0 Å². The lowest BCUT2D eigenvalue weighted by atomic mass is 9.92. The van der Waals surface area contributed by atoms with E-state index in [0.717, 1.165) is 31.1 Å². The Labute approximate surface area is 146 Å². The Hall–Kier alpha value is -2.02. The van der Waals surface area contributed by atoms with E-state index in [-0.39, 0.29) is 0 Å². The van der Waals surface area contributed by atoms with Crippen LogP contribution in [0.1, 0.15) is 55.7 Å². The van der Waals surface area contributed by atoms with E-state index in [0.29, 0.717) is 0 Å². The van der Waals surface area contributed by atoms with Crippen LogP contribution in [0.3, 0.4) is 0 Å². The minimum Gasteiger partial charge on any atom is -0.404 e. The van der Waals surface area contributed by atoms with Gasteiger partial charge in [0.1, 0.15) is 0 Å². The molecule has 126 valence electrons. The SMILES string of the molecule is C=C(C)CCC(=C\N)/C(=C\C=C\C)Cc1ccc2c(c1)C1CC1C2. The summed E-state index contributed by atoms with van der Waals surface area (Å²) in [4.78, 5) is 0. The predicted octanol–water partition coefficient (Wildman–Crippen LogP) is 5.59. The molecule has 1 heteroatoms. The Morgan fingerprint density at radius 1 is 1.29 bits per heavy atom. The molecule has 1 aromatic rings. The van der Waals surface area contributed by atoms with Crippen LogP contribution in [0.4, 0.5) is 0 Å². The first-order valence-electron chi connectivity index (χ1n) is 9.11. The Kier molecular flexibility index (Phi) is 5.08. The second-order valence-electron chi connectivity index (χ2n) is 7.38. The molecule has 2 aliphatic carbocycles. The monoisotopic (exact) mass is 319 g/mol. The molecule has 0 bridgehead atoms. The van der Waals surface area contributed by atoms with Crippen molar-refractivity contribution >= 4 is 0 Å². The molecule has 1 aromatic carbocycles. The summed E-state index contributed by atoms with van der Waals surface area (Å²) in [6, 6.07) is 7.10. The third kappa shape index (κ3) is 3.72. The molecule has 0 aliphatic heterocycles. The molecule has 0 amide bonds. The Bertz CT molecular complexity index is 718. The van der Waals surface area contributed by atoms with Crippen LogP contribution in [-0.4, -0.2) is 0 Å². The van der Waals surface area contributed by atoms with Crippen molar-refractivity contribution in [3.63, 3.8) is 0 Å². The summed E-state index contributed by atoms with van der Waals surface area (Å²) in [6.45, 7) is 8.15. The summed E-state index contributed by atoms with van der Waals surface area (Å²) >= 11 is 0. The highest BCUT2D eigenvalue weighted by Crippen LogP contribution is 2.56. The molecule has 0 spiro atoms. The summed E-state index contributed by atoms with van der Waals surface area (Å²) in [5.41, 5.74) is 14.3. The van der Waals surface area contributed by atoms with Gasteiger partial charge in [0.05, 0.1) is 0 Å². The van der Waals surface area contributed by atoms with Crippen molar-refractivity contribution in [2.24, 2.45) is 11.7 Å². The van der Waals surface area contributed by atoms with Crippen LogP contribution in [0.15, 0.2) is 65.9 Å². The van der Waals surface area contributed by atoms with Crippen LogP contribution in [0.25, 0.3) is 0 Å². The highest BCUT2D eigenvalue weighted by Gasteiger charge is 2.44. The average molecular weight is 319 g/mol. The van der Waals surface area contributed by atoms with Crippen molar-refractivity contribution in [1.82, 2.24) is 0 Å². The van der Waals surface area contributed by atoms with Crippen LogP contribution in [0.2, 0.25) is 0 Å². The number of benzene rings is 1. The van der Waals surface area contributed by atoms with Gasteiger partial charge >= 0.3 is 0 Å². The van der Waals surface area contributed by atoms with Gasteiger partial charge in [-0.2, -0.15) is 0 Å². The lowest BCUT2D eigenvalue weighted by Gasteiger charge is -2.13. The maximum Gasteiger partial charge on any atom is -0.00224 e. The molecule has 1 fully saturated rings. The number of allylic oxidation sites excluding steroid dienone is 6. The first kappa shape index (κ1) is 16.8. The number of hydrogen-bond acceptors (Lipinski definition) is 1. The zero-order valence-corrected chi connectivity index (χ0v) is 15.0. The van der Waals surface area contributed by atoms with E-state index in [9.17, 15) is 0 Å². The number of hydrogen-bond donors (Lipinski definition) is 1. The van der Waals surface area contributed by atoms with Crippen LogP contribution in [-0.2, 0) is 12.8 Å². The molecule has 3 rings (SSSR count). The van der Waals surface area contributed by atoms with E-state index in [1.54, 1.807) is 17.3 Å². The highest BCUT2D eigenvalue weighted by atomic mass is 14.5. The topological polar surface area (TPSA) is 26.0 Å². The van der Waals surface area contributed by atoms with Crippen molar-refractivity contribution in [2.75, 3.05) is 0 Å². The van der Waals surface area contributed by atoms with Crippen molar-refractivity contribution in [3.8, 4) is 0 Å². The van der Waals surface area contributed by atoms with Crippen LogP contribution in [0, 0.1) is 5.92 Å². The average Bonchev–Trinajstić information content (AvgIpc) is 3.25. The first-order valence-corrected chi connectivity index (χ1v) is 9.11. The van der Waals surface area contributed by atoms with E-state index in [1.807, 2.05) is 0 Å². The van der Waals surface area contributed by atoms with Gasteiger partial charge in [-0.25, -0.2) is 0 Å². The van der Waals surface area contributed by atoms with Gasteiger partial charge in [0.15, 0.2) is 0 Å². The Morgan fingerprint density at radius 2 is 2.12 bits per heavy atom. The third-order valence-corrected chi connectivity index (χ3v) is 5.33. The summed E-state index contributed by atoms with van der Waals surface area (Å²) in [5, 5.41) is 0. The van der Waals surface area contributed by atoms with Gasteiger partial charge in [-0.1, -0.05) is 42.0 Å². The summed E-state index contributed by atoms with van der Waals surface area (Å²) in [6.07, 6.45) is 13.8. The molecule has 1 nitrogen and oxygen atoms in total. The van der Waals surface area contributed by atoms with Gasteiger partial charge < -0.3 is 5.73 Å². The second-order valence-corrected chi connectivity index (χ2v) is 7.38. The highest BCUT2D eigenvalue weighted by molar-refractivity contribution is 5.46. The summed E-state index contributed by atoms with van der Waals surface area (Å²) in [5.74, 6) is 1.80. The molecule has 0 saturated heterocycles. The molecular weight excluding hydrogens is 290 g/mol. The minimum absolute atomic E-state index is 0.857. The van der Waals surface area contributed by atoms with Crippen LogP contribution >= 0.6 is 0 Å². The molecule has 0 radical (unpaired) electrons. The number of fused-ring (bicyclic) bond motifs is 3. The second kappa shape index (κ2) is 7.25. The van der Waals surface area contributed by atoms with Crippen LogP contribution in [0.5, 0.6) is 0 Å². The van der Waals surface area contributed by atoms with E-state index in [1.165, 1.54) is 35.1 Å². The lowest BCUT2D eigenvalue weighted by Crippen LogP contribution is -2.00. The van der Waals surface area contributed by atoms with Crippen molar-refractivity contribution in [1.29, 1.82) is 0 Å². The van der Waals surface area contributed by atoms with E-state index in [2.05, 4.69) is 56.9 Å². The van der Waals surface area contributed by atoms with Crippen LogP contribution < -0.4 is 5.73 Å². The fourth-order valence-electron chi connectivity index (χ4n) is 3.83. The quantitative estimate of drug-likeness (QED) is 0.514. The van der Waals surface area contributed by atoms with Gasteiger partial charge in [0.25, 0.3) is 0 Å². The fraction of sp³-hybridized carbons (Fsp3) is 0.391. The largest absolute Gasteiger partial charge is 0.404 e. The zero-order valence-electron chi connectivity index (χ0n) is 15.0. The van der Waals surface area contributed by atoms with Crippen molar-refractivity contribution in [3.05, 3.63) is 82.6 Å².